The normalized spacial score (nSPS) is 9.67. The van der Waals surface area contributed by atoms with E-state index in [1.54, 1.807) is 23.3 Å². The van der Waals surface area contributed by atoms with Crippen LogP contribution in [0.25, 0.3) is 0 Å². The molecular formula is C6H7N3OS2. The first kappa shape index (κ1) is 9.21. The Bertz CT molecular complexity index is 283. The molecule has 0 unspecified atom stereocenters. The van der Waals surface area contributed by atoms with Crippen molar-refractivity contribution >= 4 is 34.2 Å². The zero-order valence-electron chi connectivity index (χ0n) is 6.14. The van der Waals surface area contributed by atoms with Gasteiger partial charge in [0.05, 0.1) is 5.75 Å². The lowest BCUT2D eigenvalue weighted by Gasteiger charge is -2.00. The molecule has 0 aliphatic heterocycles. The second-order valence-corrected chi connectivity index (χ2v) is 3.60. The van der Waals surface area contributed by atoms with Crippen LogP contribution in [0.5, 0.6) is 0 Å². The van der Waals surface area contributed by atoms with Crippen LogP contribution in [0.3, 0.4) is 0 Å². The largest absolute Gasteiger partial charge is 0.369 e. The van der Waals surface area contributed by atoms with Gasteiger partial charge in [-0.15, -0.1) is 0 Å². The standard InChI is InChI=1S/C6H7N3OS2/c7-5(10)3-12-6(11)9-2-1-8-4-9/h1-2,4H,3H2,(H2,7,10). The summed E-state index contributed by atoms with van der Waals surface area (Å²) in [5.74, 6) is -0.167. The molecular weight excluding hydrogens is 194 g/mol. The van der Waals surface area contributed by atoms with E-state index in [1.807, 2.05) is 0 Å². The van der Waals surface area contributed by atoms with Crippen LogP contribution in [-0.4, -0.2) is 25.5 Å². The highest BCUT2D eigenvalue weighted by molar-refractivity contribution is 8.23. The molecule has 0 aromatic carbocycles. The van der Waals surface area contributed by atoms with Gasteiger partial charge in [-0.3, -0.25) is 9.36 Å². The number of nitrogens with two attached hydrogens (primary N) is 1. The van der Waals surface area contributed by atoms with Gasteiger partial charge in [-0.05, 0) is 0 Å². The lowest BCUT2D eigenvalue weighted by atomic mass is 10.8. The maximum Gasteiger partial charge on any atom is 0.227 e. The number of carbonyl (C=O) groups is 1. The highest BCUT2D eigenvalue weighted by Crippen LogP contribution is 2.05. The third-order valence-corrected chi connectivity index (χ3v) is 2.50. The van der Waals surface area contributed by atoms with Crippen molar-refractivity contribution in [1.29, 1.82) is 0 Å². The summed E-state index contributed by atoms with van der Waals surface area (Å²) in [6.07, 6.45) is 4.92. The van der Waals surface area contributed by atoms with E-state index in [1.165, 1.54) is 11.8 Å². The topological polar surface area (TPSA) is 60.9 Å². The predicted molar refractivity (Wildman–Crippen MR) is 51.9 cm³/mol. The summed E-state index contributed by atoms with van der Waals surface area (Å²) in [7, 11) is 0. The number of hydrogen-bond donors (Lipinski definition) is 1. The Labute approximate surface area is 79.1 Å². The number of thiocarbonyl (C=S) groups is 1. The van der Waals surface area contributed by atoms with Crippen molar-refractivity contribution in [1.82, 2.24) is 9.55 Å². The van der Waals surface area contributed by atoms with E-state index in [0.717, 1.165) is 0 Å². The summed E-state index contributed by atoms with van der Waals surface area (Å²) >= 11 is 6.19. The molecule has 0 spiro atoms. The number of aromatic nitrogens is 2. The Hall–Kier alpha value is -0.880. The zero-order valence-corrected chi connectivity index (χ0v) is 7.77. The number of hydrogen-bond acceptors (Lipinski definition) is 4. The number of primary amides is 1. The van der Waals surface area contributed by atoms with Gasteiger partial charge in [0.15, 0.2) is 0 Å². The number of carbonyl (C=O) groups excluding carboxylic acids is 1. The number of amides is 1. The average molecular weight is 201 g/mol. The summed E-state index contributed by atoms with van der Waals surface area (Å²) in [6.45, 7) is 0. The summed E-state index contributed by atoms with van der Waals surface area (Å²) in [5, 5.41) is 0. The van der Waals surface area contributed by atoms with Gasteiger partial charge >= 0.3 is 0 Å². The molecule has 12 heavy (non-hydrogen) atoms. The smallest absolute Gasteiger partial charge is 0.227 e. The maximum atomic E-state index is 10.4. The minimum Gasteiger partial charge on any atom is -0.369 e. The van der Waals surface area contributed by atoms with Crippen LogP contribution < -0.4 is 5.73 Å². The second-order valence-electron chi connectivity index (χ2n) is 1.99. The van der Waals surface area contributed by atoms with Crippen LogP contribution in [0.15, 0.2) is 18.7 Å². The fourth-order valence-electron chi connectivity index (χ4n) is 0.575. The molecule has 0 radical (unpaired) electrons. The van der Waals surface area contributed by atoms with E-state index >= 15 is 0 Å². The Balaban J connectivity index is 2.45. The fraction of sp³-hybridized carbons (Fsp3) is 0.167. The monoisotopic (exact) mass is 201 g/mol. The molecule has 64 valence electrons. The Kier molecular flexibility index (Phi) is 3.24. The van der Waals surface area contributed by atoms with Gasteiger partial charge in [-0.1, -0.05) is 24.0 Å². The molecule has 2 N–H and O–H groups in total. The predicted octanol–water partition coefficient (Wildman–Crippen LogP) is 0.235. The molecule has 1 aromatic heterocycles. The molecule has 0 bridgehead atoms. The van der Waals surface area contributed by atoms with Gasteiger partial charge in [0.1, 0.15) is 10.6 Å². The fourth-order valence-corrected chi connectivity index (χ4v) is 1.38. The molecule has 1 aromatic rings. The van der Waals surface area contributed by atoms with Gasteiger partial charge in [0, 0.05) is 12.4 Å². The molecule has 0 atom stereocenters. The molecule has 1 rings (SSSR count). The van der Waals surface area contributed by atoms with Gasteiger partial charge in [-0.2, -0.15) is 0 Å². The molecule has 1 amide bonds. The number of nitrogens with zero attached hydrogens (tertiary/aromatic N) is 2. The molecule has 6 heteroatoms. The SMILES string of the molecule is NC(=O)CSC(=S)n1ccnc1. The van der Waals surface area contributed by atoms with E-state index in [2.05, 4.69) is 4.98 Å². The average Bonchev–Trinajstić information content (AvgIpc) is 2.51. The van der Waals surface area contributed by atoms with Crippen LogP contribution in [0.1, 0.15) is 0 Å². The summed E-state index contributed by atoms with van der Waals surface area (Å²) in [5.41, 5.74) is 4.95. The number of thioether (sulfide) groups is 1. The zero-order chi connectivity index (χ0) is 8.97. The van der Waals surface area contributed by atoms with Gasteiger partial charge in [0.25, 0.3) is 0 Å². The van der Waals surface area contributed by atoms with E-state index in [-0.39, 0.29) is 11.7 Å². The summed E-state index contributed by atoms with van der Waals surface area (Å²) in [6, 6.07) is 0. The lowest BCUT2D eigenvalue weighted by molar-refractivity contribution is -0.115. The quantitative estimate of drug-likeness (QED) is 0.696. The third-order valence-electron chi connectivity index (χ3n) is 1.05. The van der Waals surface area contributed by atoms with E-state index in [4.69, 9.17) is 18.0 Å². The number of rotatable bonds is 2. The van der Waals surface area contributed by atoms with Gasteiger partial charge in [0.2, 0.25) is 5.91 Å². The van der Waals surface area contributed by atoms with Crippen molar-refractivity contribution in [3.05, 3.63) is 18.7 Å². The highest BCUT2D eigenvalue weighted by atomic mass is 32.2. The Morgan fingerprint density at radius 2 is 2.50 bits per heavy atom. The van der Waals surface area contributed by atoms with E-state index in [9.17, 15) is 4.79 Å². The van der Waals surface area contributed by atoms with Crippen LogP contribution in [0, 0.1) is 0 Å². The van der Waals surface area contributed by atoms with Gasteiger partial charge < -0.3 is 5.73 Å². The minimum absolute atomic E-state index is 0.205. The molecule has 0 saturated heterocycles. The maximum absolute atomic E-state index is 10.4. The second kappa shape index (κ2) is 4.22. The molecule has 1 heterocycles. The van der Waals surface area contributed by atoms with Crippen LogP contribution >= 0.6 is 24.0 Å². The molecule has 0 aliphatic rings. The third kappa shape index (κ3) is 2.63. The number of imidazole rings is 1. The lowest BCUT2D eigenvalue weighted by Crippen LogP contribution is -2.15. The minimum atomic E-state index is -0.373. The summed E-state index contributed by atoms with van der Waals surface area (Å²) in [4.78, 5) is 14.2. The molecule has 0 aliphatic carbocycles. The first-order valence-corrected chi connectivity index (χ1v) is 4.53. The Morgan fingerprint density at radius 1 is 1.75 bits per heavy atom. The summed E-state index contributed by atoms with van der Waals surface area (Å²) < 4.78 is 2.23. The van der Waals surface area contributed by atoms with Crippen molar-refractivity contribution in [2.24, 2.45) is 5.73 Å². The van der Waals surface area contributed by atoms with Crippen molar-refractivity contribution in [2.75, 3.05) is 5.75 Å². The van der Waals surface area contributed by atoms with Crippen LogP contribution in [0.4, 0.5) is 0 Å². The first-order valence-electron chi connectivity index (χ1n) is 3.13. The van der Waals surface area contributed by atoms with E-state index in [0.29, 0.717) is 4.32 Å². The molecule has 4 nitrogen and oxygen atoms in total. The van der Waals surface area contributed by atoms with Gasteiger partial charge in [-0.25, -0.2) is 4.98 Å². The molecule has 0 saturated carbocycles. The molecule has 0 fully saturated rings. The Morgan fingerprint density at radius 3 is 3.00 bits per heavy atom. The van der Waals surface area contributed by atoms with Crippen molar-refractivity contribution in [2.45, 2.75) is 0 Å². The van der Waals surface area contributed by atoms with Crippen molar-refractivity contribution < 1.29 is 4.79 Å². The highest BCUT2D eigenvalue weighted by Gasteiger charge is 2.01. The van der Waals surface area contributed by atoms with Crippen molar-refractivity contribution in [3.8, 4) is 0 Å². The van der Waals surface area contributed by atoms with Crippen LogP contribution in [-0.2, 0) is 4.79 Å². The van der Waals surface area contributed by atoms with Crippen LogP contribution in [0.2, 0.25) is 0 Å². The van der Waals surface area contributed by atoms with Crippen molar-refractivity contribution in [3.63, 3.8) is 0 Å². The first-order chi connectivity index (χ1) is 5.70. The van der Waals surface area contributed by atoms with E-state index < -0.39 is 0 Å².